The lowest BCUT2D eigenvalue weighted by atomic mass is 10.1. The first-order valence-corrected chi connectivity index (χ1v) is 17.4. The molecule has 3 aromatic carbocycles. The van der Waals surface area contributed by atoms with Crippen molar-refractivity contribution in [2.45, 2.75) is 68.0 Å². The number of nitrogens with one attached hydrogen (secondary N) is 1. The summed E-state index contributed by atoms with van der Waals surface area (Å²) < 4.78 is 40.2. The molecule has 1 fully saturated rings. The second kappa shape index (κ2) is 15.3. The number of ether oxygens (including phenoxy) is 2. The van der Waals surface area contributed by atoms with Crippen molar-refractivity contribution >= 4 is 39.3 Å². The van der Waals surface area contributed by atoms with Gasteiger partial charge in [0.15, 0.2) is 0 Å². The fourth-order valence-corrected chi connectivity index (χ4v) is 7.04. The molecular weight excluding hydrogens is 599 g/mol. The second-order valence-corrected chi connectivity index (χ2v) is 13.4. The molecule has 3 aromatic rings. The van der Waals surface area contributed by atoms with Gasteiger partial charge in [0, 0.05) is 17.5 Å². The van der Waals surface area contributed by atoms with Gasteiger partial charge in [-0.05, 0) is 99.2 Å². The van der Waals surface area contributed by atoms with Crippen LogP contribution < -0.4 is 19.1 Å². The van der Waals surface area contributed by atoms with Crippen LogP contribution in [0.4, 0.5) is 5.69 Å². The van der Waals surface area contributed by atoms with Gasteiger partial charge >= 0.3 is 0 Å². The number of benzene rings is 3. The highest BCUT2D eigenvalue weighted by molar-refractivity contribution is 7.98. The minimum absolute atomic E-state index is 0.0587. The quantitative estimate of drug-likeness (QED) is 0.233. The first-order chi connectivity index (χ1) is 21.2. The van der Waals surface area contributed by atoms with Crippen molar-refractivity contribution in [1.82, 2.24) is 10.2 Å². The summed E-state index contributed by atoms with van der Waals surface area (Å²) in [6.45, 7) is 3.59. The Morgan fingerprint density at radius 1 is 1.00 bits per heavy atom. The largest absolute Gasteiger partial charge is 0.497 e. The smallest absolute Gasteiger partial charge is 0.264 e. The van der Waals surface area contributed by atoms with Crippen molar-refractivity contribution in [3.63, 3.8) is 0 Å². The monoisotopic (exact) mass is 639 g/mol. The fourth-order valence-electron chi connectivity index (χ4n) is 5.22. The number of rotatable bonds is 14. The molecule has 1 aliphatic carbocycles. The topological polar surface area (TPSA) is 105 Å². The molecule has 0 radical (unpaired) electrons. The van der Waals surface area contributed by atoms with E-state index in [1.807, 2.05) is 25.3 Å². The Bertz CT molecular complexity index is 1510. The predicted molar refractivity (Wildman–Crippen MR) is 174 cm³/mol. The fraction of sp³-hybridized carbons (Fsp3) is 0.394. The highest BCUT2D eigenvalue weighted by Gasteiger charge is 2.33. The summed E-state index contributed by atoms with van der Waals surface area (Å²) in [5.74, 6) is 0.419. The lowest BCUT2D eigenvalue weighted by Crippen LogP contribution is -2.52. The summed E-state index contributed by atoms with van der Waals surface area (Å²) in [5.41, 5.74) is 1.06. The Morgan fingerprint density at radius 2 is 1.68 bits per heavy atom. The van der Waals surface area contributed by atoms with Crippen LogP contribution >= 0.6 is 11.8 Å². The van der Waals surface area contributed by atoms with Crippen LogP contribution in [0.3, 0.4) is 0 Å². The highest BCUT2D eigenvalue weighted by atomic mass is 32.2. The van der Waals surface area contributed by atoms with Crippen LogP contribution in [0, 0.1) is 0 Å². The molecule has 1 aliphatic rings. The summed E-state index contributed by atoms with van der Waals surface area (Å²) in [6.07, 6.45) is 5.83. The number of carbonyl (C=O) groups is 2. The first-order valence-electron chi connectivity index (χ1n) is 14.8. The number of hydrogen-bond acceptors (Lipinski definition) is 7. The van der Waals surface area contributed by atoms with Crippen LogP contribution in [-0.2, 0) is 26.2 Å². The zero-order chi connectivity index (χ0) is 31.7. The molecule has 0 bridgehead atoms. The van der Waals surface area contributed by atoms with E-state index in [-0.39, 0.29) is 23.4 Å². The molecule has 11 heteroatoms. The lowest BCUT2D eigenvalue weighted by molar-refractivity contribution is -0.139. The average Bonchev–Trinajstić information content (AvgIpc) is 3.55. The molecule has 1 N–H and O–H groups in total. The first kappa shape index (κ1) is 33.2. The third kappa shape index (κ3) is 8.26. The van der Waals surface area contributed by atoms with Gasteiger partial charge in [0.1, 0.15) is 24.1 Å². The average molecular weight is 640 g/mol. The summed E-state index contributed by atoms with van der Waals surface area (Å²) in [4.78, 5) is 30.0. The molecule has 0 aliphatic heterocycles. The maximum absolute atomic E-state index is 14.2. The van der Waals surface area contributed by atoms with Crippen molar-refractivity contribution < 1.29 is 27.5 Å². The van der Waals surface area contributed by atoms with E-state index in [9.17, 15) is 18.0 Å². The predicted octanol–water partition coefficient (Wildman–Crippen LogP) is 5.49. The van der Waals surface area contributed by atoms with Crippen molar-refractivity contribution in [2.24, 2.45) is 0 Å². The molecule has 236 valence electrons. The van der Waals surface area contributed by atoms with E-state index >= 15 is 0 Å². The summed E-state index contributed by atoms with van der Waals surface area (Å²) >= 11 is 1.50. The van der Waals surface area contributed by atoms with Crippen LogP contribution in [0.5, 0.6) is 11.5 Å². The van der Waals surface area contributed by atoms with E-state index < -0.39 is 28.5 Å². The molecule has 0 aromatic heterocycles. The van der Waals surface area contributed by atoms with Crippen LogP contribution in [0.1, 0.15) is 45.1 Å². The number of anilines is 1. The van der Waals surface area contributed by atoms with Crippen LogP contribution in [-0.4, -0.2) is 63.7 Å². The van der Waals surface area contributed by atoms with E-state index in [0.717, 1.165) is 40.4 Å². The number of nitrogens with zero attached hydrogens (tertiary/aromatic N) is 2. The third-order valence-corrected chi connectivity index (χ3v) is 10.2. The molecule has 0 unspecified atom stereocenters. The van der Waals surface area contributed by atoms with Crippen molar-refractivity contribution in [2.75, 3.05) is 30.8 Å². The number of amides is 2. The molecule has 1 saturated carbocycles. The van der Waals surface area contributed by atoms with Gasteiger partial charge in [-0.25, -0.2) is 8.42 Å². The Hall–Kier alpha value is -3.70. The van der Waals surface area contributed by atoms with Crippen molar-refractivity contribution in [3.8, 4) is 11.5 Å². The SMILES string of the molecule is CCOc1ccc(N(CC(=O)N(Cc2cccc(OC)c2)[C@H](C)C(=O)NC2CCCC2)S(=O)(=O)c2ccc(SC)cc2)cc1. The van der Waals surface area contributed by atoms with Gasteiger partial charge < -0.3 is 19.7 Å². The van der Waals surface area contributed by atoms with Gasteiger partial charge in [-0.2, -0.15) is 0 Å². The van der Waals surface area contributed by atoms with Crippen molar-refractivity contribution in [1.29, 1.82) is 0 Å². The minimum Gasteiger partial charge on any atom is -0.497 e. The standard InChI is InChI=1S/C33H41N3O6S2/c1-5-42-28-15-13-27(14-16-28)36(44(39,40)31-19-17-30(43-4)18-20-31)23-32(37)35(22-25-9-8-12-29(21-25)41-3)24(2)33(38)34-26-10-6-7-11-26/h8-9,12-21,24,26H,5-7,10-11,22-23H2,1-4H3,(H,34,38)/t24-/m1/s1. The van der Waals surface area contributed by atoms with E-state index in [0.29, 0.717) is 23.8 Å². The summed E-state index contributed by atoms with van der Waals surface area (Å²) in [7, 11) is -2.61. The van der Waals surface area contributed by atoms with Gasteiger partial charge in [0.05, 0.1) is 24.3 Å². The van der Waals surface area contributed by atoms with Gasteiger partial charge in [-0.15, -0.1) is 11.8 Å². The number of methoxy groups -OCH3 is 1. The van der Waals surface area contributed by atoms with Gasteiger partial charge in [0.25, 0.3) is 10.0 Å². The third-order valence-electron chi connectivity index (χ3n) is 7.72. The minimum atomic E-state index is -4.17. The molecule has 9 nitrogen and oxygen atoms in total. The normalized spacial score (nSPS) is 14.1. The molecule has 0 spiro atoms. The lowest BCUT2D eigenvalue weighted by Gasteiger charge is -2.32. The maximum atomic E-state index is 14.2. The Balaban J connectivity index is 1.70. The van der Waals surface area contributed by atoms with E-state index in [1.54, 1.807) is 74.7 Å². The van der Waals surface area contributed by atoms with Crippen LogP contribution in [0.2, 0.25) is 0 Å². The Morgan fingerprint density at radius 3 is 2.30 bits per heavy atom. The molecule has 0 heterocycles. The van der Waals surface area contributed by atoms with Gasteiger partial charge in [-0.3, -0.25) is 13.9 Å². The molecule has 2 amide bonds. The van der Waals surface area contributed by atoms with E-state index in [1.165, 1.54) is 16.7 Å². The van der Waals surface area contributed by atoms with E-state index in [4.69, 9.17) is 9.47 Å². The molecule has 0 saturated heterocycles. The van der Waals surface area contributed by atoms with Gasteiger partial charge in [-0.1, -0.05) is 25.0 Å². The second-order valence-electron chi connectivity index (χ2n) is 10.7. The zero-order valence-electron chi connectivity index (χ0n) is 25.7. The Labute approximate surface area is 265 Å². The number of hydrogen-bond donors (Lipinski definition) is 1. The Kier molecular flexibility index (Phi) is 11.6. The summed E-state index contributed by atoms with van der Waals surface area (Å²) in [5, 5.41) is 3.09. The molecule has 4 rings (SSSR count). The van der Waals surface area contributed by atoms with E-state index in [2.05, 4.69) is 5.32 Å². The molecule has 1 atom stereocenters. The van der Waals surface area contributed by atoms with Crippen LogP contribution in [0.25, 0.3) is 0 Å². The maximum Gasteiger partial charge on any atom is 0.264 e. The zero-order valence-corrected chi connectivity index (χ0v) is 27.3. The van der Waals surface area contributed by atoms with Crippen molar-refractivity contribution in [3.05, 3.63) is 78.4 Å². The van der Waals surface area contributed by atoms with Gasteiger partial charge in [0.2, 0.25) is 11.8 Å². The van der Waals surface area contributed by atoms with Crippen LogP contribution in [0.15, 0.2) is 82.6 Å². The molecule has 44 heavy (non-hydrogen) atoms. The number of carbonyl (C=O) groups excluding carboxylic acids is 2. The number of sulfonamides is 1. The molecular formula is C33H41N3O6S2. The summed E-state index contributed by atoms with van der Waals surface area (Å²) in [6, 6.07) is 19.6. The number of thioether (sulfide) groups is 1. The highest BCUT2D eigenvalue weighted by Crippen LogP contribution is 2.28.